The van der Waals surface area contributed by atoms with Gasteiger partial charge in [-0.3, -0.25) is 9.79 Å². The van der Waals surface area contributed by atoms with Gasteiger partial charge in [-0.05, 0) is 42.6 Å². The van der Waals surface area contributed by atoms with Crippen molar-refractivity contribution in [3.05, 3.63) is 47.3 Å². The molecule has 156 valence electrons. The molecule has 0 saturated carbocycles. The molecule has 1 aliphatic rings. The topological polar surface area (TPSA) is 69.2 Å². The van der Waals surface area contributed by atoms with Crippen molar-refractivity contribution in [1.29, 1.82) is 0 Å². The maximum Gasteiger partial charge on any atom is 0.251 e. The molecule has 7 nitrogen and oxygen atoms in total. The van der Waals surface area contributed by atoms with Gasteiger partial charge in [-0.15, -0.1) is 11.3 Å². The maximum atomic E-state index is 12.3. The lowest BCUT2D eigenvalue weighted by Gasteiger charge is -2.37. The molecule has 0 bridgehead atoms. The Balaban J connectivity index is 1.48. The highest BCUT2D eigenvalue weighted by molar-refractivity contribution is 7.14. The molecule has 1 aromatic carbocycles. The zero-order valence-electron chi connectivity index (χ0n) is 17.1. The normalized spacial score (nSPS) is 14.6. The number of hydrogen-bond donors (Lipinski definition) is 2. The minimum atomic E-state index is -0.117. The van der Waals surface area contributed by atoms with Crippen LogP contribution >= 0.6 is 11.3 Å². The van der Waals surface area contributed by atoms with Crippen molar-refractivity contribution in [2.75, 3.05) is 57.8 Å². The minimum absolute atomic E-state index is 0.117. The quantitative estimate of drug-likeness (QED) is 0.413. The van der Waals surface area contributed by atoms with E-state index in [9.17, 15) is 4.79 Å². The Morgan fingerprint density at radius 1 is 1.17 bits per heavy atom. The van der Waals surface area contributed by atoms with Gasteiger partial charge >= 0.3 is 0 Å². The zero-order valence-corrected chi connectivity index (χ0v) is 17.9. The fourth-order valence-electron chi connectivity index (χ4n) is 3.21. The number of nitrogens with one attached hydrogen (secondary N) is 2. The molecule has 8 heteroatoms. The number of guanidine groups is 1. The number of amides is 1. The van der Waals surface area contributed by atoms with Gasteiger partial charge in [0, 0.05) is 44.8 Å². The van der Waals surface area contributed by atoms with Crippen LogP contribution in [0.2, 0.25) is 0 Å². The third kappa shape index (κ3) is 5.87. The van der Waals surface area contributed by atoms with Crippen LogP contribution in [0.5, 0.6) is 5.75 Å². The maximum absolute atomic E-state index is 12.3. The molecule has 0 unspecified atom stereocenters. The largest absolute Gasteiger partial charge is 0.497 e. The van der Waals surface area contributed by atoms with Gasteiger partial charge in [0.25, 0.3) is 5.91 Å². The average Bonchev–Trinajstić information content (AvgIpc) is 3.31. The van der Waals surface area contributed by atoms with Crippen molar-refractivity contribution in [3.63, 3.8) is 0 Å². The summed E-state index contributed by atoms with van der Waals surface area (Å²) in [6.07, 6.45) is 0. The number of carbonyl (C=O) groups is 1. The average molecular weight is 416 g/mol. The predicted octanol–water partition coefficient (Wildman–Crippen LogP) is 2.27. The lowest BCUT2D eigenvalue weighted by Crippen LogP contribution is -2.52. The van der Waals surface area contributed by atoms with E-state index < -0.39 is 0 Å². The molecule has 0 aliphatic carbocycles. The highest BCUT2D eigenvalue weighted by atomic mass is 32.1. The summed E-state index contributed by atoms with van der Waals surface area (Å²) in [5, 5.41) is 9.73. The third-order valence-electron chi connectivity index (χ3n) is 4.72. The number of nitrogens with zero attached hydrogens (tertiary/aromatic N) is 3. The van der Waals surface area contributed by atoms with E-state index in [1.54, 1.807) is 30.6 Å². The highest BCUT2D eigenvalue weighted by Crippen LogP contribution is 2.22. The second-order valence-electron chi connectivity index (χ2n) is 6.65. The molecule has 2 heterocycles. The molecule has 2 N–H and O–H groups in total. The van der Waals surface area contributed by atoms with Crippen LogP contribution in [0.15, 0.2) is 46.8 Å². The lowest BCUT2D eigenvalue weighted by molar-refractivity contribution is 0.0954. The van der Waals surface area contributed by atoms with Gasteiger partial charge in [0.05, 0.1) is 18.7 Å². The molecule has 2 aromatic rings. The minimum Gasteiger partial charge on any atom is -0.497 e. The Morgan fingerprint density at radius 2 is 2.00 bits per heavy atom. The van der Waals surface area contributed by atoms with Crippen LogP contribution in [-0.2, 0) is 0 Å². The number of carbonyl (C=O) groups excluding carboxylic acids is 1. The number of benzene rings is 1. The number of thiophene rings is 1. The van der Waals surface area contributed by atoms with E-state index in [2.05, 4.69) is 44.9 Å². The first kappa shape index (κ1) is 21.0. The summed E-state index contributed by atoms with van der Waals surface area (Å²) >= 11 is 1.78. The van der Waals surface area contributed by atoms with Crippen molar-refractivity contribution in [2.24, 2.45) is 4.99 Å². The van der Waals surface area contributed by atoms with Crippen LogP contribution in [0.1, 0.15) is 17.3 Å². The van der Waals surface area contributed by atoms with Crippen LogP contribution in [0.25, 0.3) is 0 Å². The second kappa shape index (κ2) is 10.7. The predicted molar refractivity (Wildman–Crippen MR) is 119 cm³/mol. The summed E-state index contributed by atoms with van der Waals surface area (Å²) in [5.74, 6) is 1.47. The van der Waals surface area contributed by atoms with Gasteiger partial charge in [-0.25, -0.2) is 0 Å². The van der Waals surface area contributed by atoms with E-state index in [1.165, 1.54) is 5.00 Å². The summed E-state index contributed by atoms with van der Waals surface area (Å²) in [6, 6.07) is 11.4. The fraction of sp³-hybridized carbons (Fsp3) is 0.429. The van der Waals surface area contributed by atoms with Crippen LogP contribution in [-0.4, -0.2) is 69.7 Å². The van der Waals surface area contributed by atoms with Crippen molar-refractivity contribution < 1.29 is 9.53 Å². The molecule has 29 heavy (non-hydrogen) atoms. The third-order valence-corrected chi connectivity index (χ3v) is 5.65. The van der Waals surface area contributed by atoms with Gasteiger partial charge in [0.2, 0.25) is 0 Å². The molecule has 0 spiro atoms. The number of piperazine rings is 1. The Kier molecular flexibility index (Phi) is 7.75. The van der Waals surface area contributed by atoms with E-state index >= 15 is 0 Å². The molecule has 1 aliphatic heterocycles. The molecule has 0 radical (unpaired) electrons. The Hall–Kier alpha value is -2.74. The van der Waals surface area contributed by atoms with Gasteiger partial charge in [0.15, 0.2) is 5.96 Å². The van der Waals surface area contributed by atoms with Crippen LogP contribution in [0.4, 0.5) is 5.00 Å². The summed E-state index contributed by atoms with van der Waals surface area (Å²) < 4.78 is 5.17. The Labute approximate surface area is 176 Å². The first-order valence-electron chi connectivity index (χ1n) is 9.95. The smallest absolute Gasteiger partial charge is 0.251 e. The van der Waals surface area contributed by atoms with Crippen LogP contribution in [0, 0.1) is 0 Å². The van der Waals surface area contributed by atoms with E-state index in [0.717, 1.165) is 38.7 Å². The van der Waals surface area contributed by atoms with Gasteiger partial charge in [0.1, 0.15) is 5.75 Å². The summed E-state index contributed by atoms with van der Waals surface area (Å²) in [7, 11) is 1.59. The molecule has 1 aromatic heterocycles. The van der Waals surface area contributed by atoms with E-state index in [1.807, 2.05) is 12.1 Å². The Morgan fingerprint density at radius 3 is 2.69 bits per heavy atom. The highest BCUT2D eigenvalue weighted by Gasteiger charge is 2.20. The first-order valence-corrected chi connectivity index (χ1v) is 10.8. The molecule has 1 saturated heterocycles. The summed E-state index contributed by atoms with van der Waals surface area (Å²) in [6.45, 7) is 7.74. The van der Waals surface area contributed by atoms with E-state index in [-0.39, 0.29) is 5.91 Å². The zero-order chi connectivity index (χ0) is 20.5. The van der Waals surface area contributed by atoms with Gasteiger partial charge in [-0.1, -0.05) is 6.07 Å². The van der Waals surface area contributed by atoms with E-state index in [4.69, 9.17) is 9.73 Å². The van der Waals surface area contributed by atoms with Crippen molar-refractivity contribution in [1.82, 2.24) is 15.5 Å². The summed E-state index contributed by atoms with van der Waals surface area (Å²) in [4.78, 5) is 21.7. The number of anilines is 1. The van der Waals surface area contributed by atoms with Crippen molar-refractivity contribution in [2.45, 2.75) is 6.92 Å². The number of ether oxygens (including phenoxy) is 1. The first-order chi connectivity index (χ1) is 14.2. The SMILES string of the molecule is CCNC(=NCCNC(=O)c1cccc(OC)c1)N1CCN(c2cccs2)CC1. The van der Waals surface area contributed by atoms with Crippen molar-refractivity contribution >= 4 is 28.2 Å². The molecule has 0 atom stereocenters. The number of aliphatic imine (C=N–C) groups is 1. The number of methoxy groups -OCH3 is 1. The van der Waals surface area contributed by atoms with Crippen LogP contribution < -0.4 is 20.3 Å². The fourth-order valence-corrected chi connectivity index (χ4v) is 4.00. The molecular formula is C21H29N5O2S. The molecule has 3 rings (SSSR count). The Bertz CT molecular complexity index is 801. The molecular weight excluding hydrogens is 386 g/mol. The lowest BCUT2D eigenvalue weighted by atomic mass is 10.2. The standard InChI is InChI=1S/C21H29N5O2S/c1-3-22-21(26-13-11-25(12-14-26)19-8-5-15-29-19)24-10-9-23-20(27)17-6-4-7-18(16-17)28-2/h4-8,15-16H,3,9-14H2,1-2H3,(H,22,24)(H,23,27). The monoisotopic (exact) mass is 415 g/mol. The van der Waals surface area contributed by atoms with Gasteiger partial charge in [-0.2, -0.15) is 0 Å². The van der Waals surface area contributed by atoms with Crippen LogP contribution in [0.3, 0.4) is 0 Å². The molecule has 1 amide bonds. The molecule has 1 fully saturated rings. The second-order valence-corrected chi connectivity index (χ2v) is 7.58. The summed E-state index contributed by atoms with van der Waals surface area (Å²) in [5.41, 5.74) is 0.588. The van der Waals surface area contributed by atoms with Crippen molar-refractivity contribution in [3.8, 4) is 5.75 Å². The van der Waals surface area contributed by atoms with E-state index in [0.29, 0.717) is 24.4 Å². The van der Waals surface area contributed by atoms with Gasteiger partial charge < -0.3 is 25.2 Å². The number of rotatable bonds is 7. The number of hydrogen-bond acceptors (Lipinski definition) is 5.